The summed E-state index contributed by atoms with van der Waals surface area (Å²) < 4.78 is 0. The minimum atomic E-state index is 0.563. The van der Waals surface area contributed by atoms with Crippen LogP contribution in [0.4, 0.5) is 5.82 Å². The molecule has 0 unspecified atom stereocenters. The molecule has 0 radical (unpaired) electrons. The Kier molecular flexibility index (Phi) is 6.16. The Morgan fingerprint density at radius 1 is 1.19 bits per heavy atom. The van der Waals surface area contributed by atoms with Gasteiger partial charge >= 0.3 is 0 Å². The molecule has 0 amide bonds. The van der Waals surface area contributed by atoms with Crippen LogP contribution in [0.25, 0.3) is 0 Å². The van der Waals surface area contributed by atoms with Gasteiger partial charge in [0.1, 0.15) is 17.3 Å². The summed E-state index contributed by atoms with van der Waals surface area (Å²) in [4.78, 5) is 8.20. The largest absolute Gasteiger partial charge is 0.370 e. The molecular weight excluding hydrogens is 222 g/mol. The van der Waals surface area contributed by atoms with Gasteiger partial charge in [-0.05, 0) is 12.8 Å². The van der Waals surface area contributed by atoms with Crippen LogP contribution in [0.3, 0.4) is 0 Å². The average Bonchev–Trinajstić information content (AvgIpc) is 2.29. The average molecular weight is 242 g/mol. The molecule has 1 aromatic rings. The maximum atomic E-state index is 6.00. The van der Waals surface area contributed by atoms with E-state index in [1.165, 1.54) is 32.0 Å². The van der Waals surface area contributed by atoms with E-state index in [1.807, 2.05) is 0 Å². The lowest BCUT2D eigenvalue weighted by molar-refractivity contribution is 0.684. The third-order valence-corrected chi connectivity index (χ3v) is 2.89. The van der Waals surface area contributed by atoms with Gasteiger partial charge in [-0.3, -0.25) is 0 Å². The van der Waals surface area contributed by atoms with Gasteiger partial charge in [-0.25, -0.2) is 9.97 Å². The van der Waals surface area contributed by atoms with Gasteiger partial charge in [0, 0.05) is 12.1 Å². The molecule has 90 valence electrons. The zero-order chi connectivity index (χ0) is 11.8. The zero-order valence-corrected chi connectivity index (χ0v) is 10.8. The molecule has 0 aliphatic rings. The number of unbranched alkanes of at least 4 members (excludes halogenated alkanes) is 3. The first-order valence-electron chi connectivity index (χ1n) is 6.02. The van der Waals surface area contributed by atoms with Gasteiger partial charge in [0.25, 0.3) is 0 Å². The van der Waals surface area contributed by atoms with Crippen LogP contribution in [0.2, 0.25) is 5.15 Å². The summed E-state index contributed by atoms with van der Waals surface area (Å²) in [5.41, 5.74) is 1.01. The first-order valence-corrected chi connectivity index (χ1v) is 6.40. The molecule has 0 bridgehead atoms. The molecule has 0 aliphatic carbocycles. The molecule has 0 saturated carbocycles. The normalized spacial score (nSPS) is 10.4. The Bertz CT molecular complexity index is 315. The van der Waals surface area contributed by atoms with Crippen molar-refractivity contribution in [2.45, 2.75) is 46.0 Å². The van der Waals surface area contributed by atoms with Crippen LogP contribution in [-0.2, 0) is 6.42 Å². The third kappa shape index (κ3) is 3.97. The van der Waals surface area contributed by atoms with E-state index in [2.05, 4.69) is 29.1 Å². The summed E-state index contributed by atoms with van der Waals surface area (Å²) in [5, 5.41) is 3.89. The van der Waals surface area contributed by atoms with Crippen molar-refractivity contribution in [2.24, 2.45) is 0 Å². The number of aromatic nitrogens is 2. The van der Waals surface area contributed by atoms with E-state index >= 15 is 0 Å². The van der Waals surface area contributed by atoms with Crippen molar-refractivity contribution in [1.29, 1.82) is 0 Å². The quantitative estimate of drug-likeness (QED) is 0.585. The van der Waals surface area contributed by atoms with Crippen LogP contribution < -0.4 is 5.32 Å². The molecule has 1 heterocycles. The second-order valence-electron chi connectivity index (χ2n) is 3.83. The molecule has 1 rings (SSSR count). The van der Waals surface area contributed by atoms with E-state index in [4.69, 9.17) is 11.6 Å². The molecule has 0 aliphatic heterocycles. The lowest BCUT2D eigenvalue weighted by Crippen LogP contribution is -2.07. The summed E-state index contributed by atoms with van der Waals surface area (Å²) in [6.45, 7) is 5.24. The van der Waals surface area contributed by atoms with E-state index in [1.54, 1.807) is 0 Å². The molecule has 16 heavy (non-hydrogen) atoms. The lowest BCUT2D eigenvalue weighted by Gasteiger charge is -2.09. The van der Waals surface area contributed by atoms with Crippen LogP contribution in [0.15, 0.2) is 6.33 Å². The molecule has 0 saturated heterocycles. The molecule has 0 aromatic carbocycles. The van der Waals surface area contributed by atoms with Crippen molar-refractivity contribution in [3.05, 3.63) is 17.0 Å². The highest BCUT2D eigenvalue weighted by atomic mass is 35.5. The topological polar surface area (TPSA) is 37.8 Å². The van der Waals surface area contributed by atoms with E-state index in [0.29, 0.717) is 5.15 Å². The molecule has 4 heteroatoms. The summed E-state index contributed by atoms with van der Waals surface area (Å²) in [5.74, 6) is 0.888. The molecule has 0 atom stereocenters. The van der Waals surface area contributed by atoms with Gasteiger partial charge in [-0.1, -0.05) is 44.7 Å². The molecule has 0 spiro atoms. The molecule has 3 nitrogen and oxygen atoms in total. The molecule has 1 N–H and O–H groups in total. The number of nitrogens with zero attached hydrogens (tertiary/aromatic N) is 2. The Morgan fingerprint density at radius 2 is 2.00 bits per heavy atom. The van der Waals surface area contributed by atoms with Crippen LogP contribution in [0.5, 0.6) is 0 Å². The number of rotatable bonds is 7. The number of nitrogens with one attached hydrogen (secondary N) is 1. The molecular formula is C12H20ClN3. The fraction of sp³-hybridized carbons (Fsp3) is 0.667. The van der Waals surface area contributed by atoms with Crippen LogP contribution in [-0.4, -0.2) is 16.5 Å². The van der Waals surface area contributed by atoms with Gasteiger partial charge in [0.15, 0.2) is 0 Å². The van der Waals surface area contributed by atoms with E-state index < -0.39 is 0 Å². The van der Waals surface area contributed by atoms with Crippen LogP contribution in [0.1, 0.15) is 45.1 Å². The van der Waals surface area contributed by atoms with Crippen LogP contribution in [0, 0.1) is 0 Å². The van der Waals surface area contributed by atoms with Crippen molar-refractivity contribution in [2.75, 3.05) is 11.9 Å². The number of anilines is 1. The Hall–Kier alpha value is -0.830. The van der Waals surface area contributed by atoms with E-state index in [-0.39, 0.29) is 0 Å². The van der Waals surface area contributed by atoms with Gasteiger partial charge in [0.2, 0.25) is 0 Å². The van der Waals surface area contributed by atoms with Crippen LogP contribution >= 0.6 is 11.6 Å². The first kappa shape index (κ1) is 13.2. The smallest absolute Gasteiger partial charge is 0.137 e. The predicted octanol–water partition coefficient (Wildman–Crippen LogP) is 3.68. The van der Waals surface area contributed by atoms with Gasteiger partial charge in [-0.15, -0.1) is 0 Å². The summed E-state index contributed by atoms with van der Waals surface area (Å²) in [6.07, 6.45) is 7.38. The summed E-state index contributed by atoms with van der Waals surface area (Å²) in [7, 11) is 0. The first-order chi connectivity index (χ1) is 7.79. The second kappa shape index (κ2) is 7.44. The maximum absolute atomic E-state index is 6.00. The number of hydrogen-bond acceptors (Lipinski definition) is 3. The van der Waals surface area contributed by atoms with Gasteiger partial charge in [-0.2, -0.15) is 0 Å². The minimum absolute atomic E-state index is 0.563. The summed E-state index contributed by atoms with van der Waals surface area (Å²) >= 11 is 6.00. The molecule has 0 fully saturated rings. The van der Waals surface area contributed by atoms with Crippen molar-refractivity contribution in [1.82, 2.24) is 9.97 Å². The highest BCUT2D eigenvalue weighted by molar-refractivity contribution is 6.30. The number of hydrogen-bond donors (Lipinski definition) is 1. The summed E-state index contributed by atoms with van der Waals surface area (Å²) in [6, 6.07) is 0. The van der Waals surface area contributed by atoms with E-state index in [0.717, 1.165) is 24.3 Å². The zero-order valence-electron chi connectivity index (χ0n) is 10.1. The van der Waals surface area contributed by atoms with Gasteiger partial charge < -0.3 is 5.32 Å². The highest BCUT2D eigenvalue weighted by Crippen LogP contribution is 2.20. The predicted molar refractivity (Wildman–Crippen MR) is 69.1 cm³/mol. The fourth-order valence-electron chi connectivity index (χ4n) is 1.62. The van der Waals surface area contributed by atoms with Crippen molar-refractivity contribution in [3.63, 3.8) is 0 Å². The second-order valence-corrected chi connectivity index (χ2v) is 4.19. The third-order valence-electron chi connectivity index (χ3n) is 2.57. The number of halogens is 1. The maximum Gasteiger partial charge on any atom is 0.137 e. The Balaban J connectivity index is 2.44. The Labute approximate surface area is 103 Å². The standard InChI is InChI=1S/C12H20ClN3/c1-3-5-6-7-8-14-12-10(4-2)11(13)15-9-16-12/h9H,3-8H2,1-2H3,(H,14,15,16). The van der Waals surface area contributed by atoms with Crippen molar-refractivity contribution >= 4 is 17.4 Å². The highest BCUT2D eigenvalue weighted by Gasteiger charge is 2.06. The lowest BCUT2D eigenvalue weighted by atomic mass is 10.2. The molecule has 1 aromatic heterocycles. The monoisotopic (exact) mass is 241 g/mol. The van der Waals surface area contributed by atoms with Crippen molar-refractivity contribution < 1.29 is 0 Å². The Morgan fingerprint density at radius 3 is 2.69 bits per heavy atom. The minimum Gasteiger partial charge on any atom is -0.370 e. The fourth-order valence-corrected chi connectivity index (χ4v) is 1.88. The van der Waals surface area contributed by atoms with Crippen molar-refractivity contribution in [3.8, 4) is 0 Å². The SMILES string of the molecule is CCCCCCNc1ncnc(Cl)c1CC. The van der Waals surface area contributed by atoms with Gasteiger partial charge in [0.05, 0.1) is 0 Å². The van der Waals surface area contributed by atoms with E-state index in [9.17, 15) is 0 Å².